The van der Waals surface area contributed by atoms with Gasteiger partial charge in [0, 0.05) is 17.3 Å². The van der Waals surface area contributed by atoms with Crippen molar-refractivity contribution in [3.63, 3.8) is 0 Å². The molecule has 0 radical (unpaired) electrons. The van der Waals surface area contributed by atoms with Crippen LogP contribution in [0.25, 0.3) is 17.0 Å². The summed E-state index contributed by atoms with van der Waals surface area (Å²) in [6.07, 6.45) is 0. The van der Waals surface area contributed by atoms with Gasteiger partial charge in [-0.2, -0.15) is 9.61 Å². The number of rotatable bonds is 6. The van der Waals surface area contributed by atoms with Gasteiger partial charge in [-0.05, 0) is 48.5 Å². The highest BCUT2D eigenvalue weighted by molar-refractivity contribution is 7.99. The van der Waals surface area contributed by atoms with Crippen molar-refractivity contribution in [1.82, 2.24) is 19.8 Å². The van der Waals surface area contributed by atoms with E-state index in [0.717, 1.165) is 11.3 Å². The molecule has 162 valence electrons. The van der Waals surface area contributed by atoms with E-state index in [-0.39, 0.29) is 11.7 Å². The number of methoxy groups -OCH3 is 1. The summed E-state index contributed by atoms with van der Waals surface area (Å²) in [5.41, 5.74) is 2.15. The van der Waals surface area contributed by atoms with Crippen LogP contribution in [-0.4, -0.2) is 51.8 Å². The molecule has 10 heteroatoms. The molecule has 0 unspecified atom stereocenters. The summed E-state index contributed by atoms with van der Waals surface area (Å²) in [6.45, 7) is 1.02. The highest BCUT2D eigenvalue weighted by atomic mass is 32.2. The van der Waals surface area contributed by atoms with Crippen molar-refractivity contribution < 1.29 is 19.0 Å². The largest absolute Gasteiger partial charge is 0.497 e. The van der Waals surface area contributed by atoms with Gasteiger partial charge in [0.1, 0.15) is 24.0 Å². The molecule has 0 fully saturated rings. The number of ether oxygens (including phenoxy) is 3. The molecule has 0 saturated carbocycles. The second-order valence-corrected chi connectivity index (χ2v) is 7.88. The van der Waals surface area contributed by atoms with E-state index in [9.17, 15) is 4.79 Å². The minimum atomic E-state index is -0.146. The van der Waals surface area contributed by atoms with Crippen molar-refractivity contribution in [2.24, 2.45) is 0 Å². The summed E-state index contributed by atoms with van der Waals surface area (Å²) < 4.78 is 17.9. The first-order valence-corrected chi connectivity index (χ1v) is 10.9. The number of benzene rings is 2. The Morgan fingerprint density at radius 3 is 2.69 bits per heavy atom. The van der Waals surface area contributed by atoms with E-state index in [2.05, 4.69) is 20.6 Å². The summed E-state index contributed by atoms with van der Waals surface area (Å²) in [6, 6.07) is 16.5. The van der Waals surface area contributed by atoms with Crippen LogP contribution < -0.4 is 19.5 Å². The van der Waals surface area contributed by atoms with E-state index in [0.29, 0.717) is 46.9 Å². The van der Waals surface area contributed by atoms with Crippen LogP contribution in [0.15, 0.2) is 59.6 Å². The van der Waals surface area contributed by atoms with Crippen LogP contribution >= 0.6 is 11.8 Å². The second-order valence-electron chi connectivity index (χ2n) is 6.89. The minimum absolute atomic E-state index is 0.146. The summed E-state index contributed by atoms with van der Waals surface area (Å²) in [7, 11) is 1.62. The van der Waals surface area contributed by atoms with Crippen LogP contribution in [-0.2, 0) is 4.79 Å². The number of amides is 1. The van der Waals surface area contributed by atoms with Crippen molar-refractivity contribution in [3.05, 3.63) is 54.6 Å². The second kappa shape index (κ2) is 8.75. The van der Waals surface area contributed by atoms with Crippen LogP contribution in [0.2, 0.25) is 0 Å². The summed E-state index contributed by atoms with van der Waals surface area (Å²) in [4.78, 5) is 12.4. The van der Waals surface area contributed by atoms with Crippen molar-refractivity contribution in [3.8, 4) is 28.6 Å². The molecule has 0 aliphatic carbocycles. The molecule has 0 atom stereocenters. The molecule has 32 heavy (non-hydrogen) atoms. The van der Waals surface area contributed by atoms with Gasteiger partial charge in [0.15, 0.2) is 23.0 Å². The lowest BCUT2D eigenvalue weighted by Gasteiger charge is -2.18. The molecule has 9 nitrogen and oxygen atoms in total. The first-order chi connectivity index (χ1) is 15.7. The van der Waals surface area contributed by atoms with Gasteiger partial charge < -0.3 is 19.5 Å². The lowest BCUT2D eigenvalue weighted by molar-refractivity contribution is -0.113. The summed E-state index contributed by atoms with van der Waals surface area (Å²) in [5, 5.41) is 16.6. The molecule has 0 bridgehead atoms. The van der Waals surface area contributed by atoms with Crippen LogP contribution in [0, 0.1) is 0 Å². The predicted molar refractivity (Wildman–Crippen MR) is 120 cm³/mol. The fourth-order valence-electron chi connectivity index (χ4n) is 3.23. The van der Waals surface area contributed by atoms with Gasteiger partial charge in [-0.1, -0.05) is 11.8 Å². The topological polar surface area (TPSA) is 99.9 Å². The van der Waals surface area contributed by atoms with Crippen LogP contribution in [0.5, 0.6) is 17.2 Å². The molecule has 1 N–H and O–H groups in total. The highest BCUT2D eigenvalue weighted by Crippen LogP contribution is 2.32. The molecule has 3 heterocycles. The lowest BCUT2D eigenvalue weighted by atomic mass is 10.2. The zero-order chi connectivity index (χ0) is 21.9. The van der Waals surface area contributed by atoms with Crippen molar-refractivity contribution in [2.45, 2.75) is 5.03 Å². The Kier molecular flexibility index (Phi) is 5.51. The Hall–Kier alpha value is -3.79. The molecule has 1 aliphatic rings. The van der Waals surface area contributed by atoms with E-state index in [1.165, 1.54) is 11.8 Å². The van der Waals surface area contributed by atoms with E-state index < -0.39 is 0 Å². The number of hydrogen-bond donors (Lipinski definition) is 1. The Labute approximate surface area is 187 Å². The molecule has 1 aliphatic heterocycles. The Balaban J connectivity index is 1.27. The molecular weight excluding hydrogens is 430 g/mol. The van der Waals surface area contributed by atoms with E-state index in [4.69, 9.17) is 14.2 Å². The smallest absolute Gasteiger partial charge is 0.234 e. The van der Waals surface area contributed by atoms with E-state index in [1.54, 1.807) is 29.8 Å². The van der Waals surface area contributed by atoms with Gasteiger partial charge in [-0.3, -0.25) is 4.79 Å². The number of fused-ring (bicyclic) bond motifs is 2. The van der Waals surface area contributed by atoms with E-state index in [1.807, 2.05) is 36.4 Å². The standard InChI is InChI=1S/C22H19N5O4S/c1-29-16-5-2-14(3-6-16)22-25-24-19-8-9-21(26-27(19)22)32-13-20(28)23-15-4-7-17-18(12-15)31-11-10-30-17/h2-9,12H,10-11,13H2,1H3,(H,23,28). The molecule has 1 amide bonds. The quantitative estimate of drug-likeness (QED) is 0.448. The van der Waals surface area contributed by atoms with Gasteiger partial charge in [0.2, 0.25) is 5.91 Å². The molecule has 0 saturated heterocycles. The third-order valence-electron chi connectivity index (χ3n) is 4.76. The van der Waals surface area contributed by atoms with E-state index >= 15 is 0 Å². The average Bonchev–Trinajstić information content (AvgIpc) is 3.26. The van der Waals surface area contributed by atoms with Crippen molar-refractivity contribution in [2.75, 3.05) is 31.4 Å². The Bertz CT molecular complexity index is 1280. The average molecular weight is 449 g/mol. The number of carbonyl (C=O) groups excluding carboxylic acids is 1. The van der Waals surface area contributed by atoms with Crippen molar-refractivity contribution >= 4 is 29.0 Å². The van der Waals surface area contributed by atoms with Gasteiger partial charge in [0.05, 0.1) is 12.9 Å². The number of thioether (sulfide) groups is 1. The number of carbonyl (C=O) groups is 1. The zero-order valence-electron chi connectivity index (χ0n) is 17.1. The maximum absolute atomic E-state index is 12.4. The monoisotopic (exact) mass is 449 g/mol. The number of nitrogens with one attached hydrogen (secondary N) is 1. The fraction of sp³-hybridized carbons (Fsp3) is 0.182. The normalized spacial score (nSPS) is 12.5. The third kappa shape index (κ3) is 4.17. The molecule has 2 aromatic heterocycles. The molecule has 4 aromatic rings. The minimum Gasteiger partial charge on any atom is -0.497 e. The fourth-order valence-corrected chi connectivity index (χ4v) is 3.88. The first kappa shape index (κ1) is 20.1. The predicted octanol–water partition coefficient (Wildman–Crippen LogP) is 3.30. The van der Waals surface area contributed by atoms with Crippen LogP contribution in [0.1, 0.15) is 0 Å². The molecule has 2 aromatic carbocycles. The number of nitrogens with zero attached hydrogens (tertiary/aromatic N) is 4. The number of hydrogen-bond acceptors (Lipinski definition) is 8. The number of aromatic nitrogens is 4. The summed E-state index contributed by atoms with van der Waals surface area (Å²) >= 11 is 1.33. The van der Waals surface area contributed by atoms with Crippen molar-refractivity contribution in [1.29, 1.82) is 0 Å². The maximum atomic E-state index is 12.4. The Morgan fingerprint density at radius 1 is 1.06 bits per heavy atom. The lowest BCUT2D eigenvalue weighted by Crippen LogP contribution is -2.17. The highest BCUT2D eigenvalue weighted by Gasteiger charge is 2.14. The Morgan fingerprint density at radius 2 is 1.88 bits per heavy atom. The SMILES string of the molecule is COc1ccc(-c2nnc3ccc(SCC(=O)Nc4ccc5c(c4)OCCO5)nn23)cc1. The van der Waals surface area contributed by atoms with Gasteiger partial charge in [-0.25, -0.2) is 0 Å². The maximum Gasteiger partial charge on any atom is 0.234 e. The van der Waals surface area contributed by atoms with Gasteiger partial charge in [0.25, 0.3) is 0 Å². The van der Waals surface area contributed by atoms with Gasteiger partial charge in [-0.15, -0.1) is 10.2 Å². The third-order valence-corrected chi connectivity index (χ3v) is 5.68. The molecule has 5 rings (SSSR count). The molecule has 0 spiro atoms. The van der Waals surface area contributed by atoms with Crippen LogP contribution in [0.3, 0.4) is 0 Å². The van der Waals surface area contributed by atoms with Crippen LogP contribution in [0.4, 0.5) is 5.69 Å². The summed E-state index contributed by atoms with van der Waals surface area (Å²) in [5.74, 6) is 2.75. The zero-order valence-corrected chi connectivity index (χ0v) is 18.0. The van der Waals surface area contributed by atoms with Gasteiger partial charge >= 0.3 is 0 Å². The number of anilines is 1. The molecular formula is C22H19N5O4S. The first-order valence-electron chi connectivity index (χ1n) is 9.89.